The summed E-state index contributed by atoms with van der Waals surface area (Å²) in [4.78, 5) is 12.4. The molecule has 0 spiro atoms. The van der Waals surface area contributed by atoms with E-state index < -0.39 is 0 Å². The molecule has 2 heterocycles. The number of benzene rings is 1. The van der Waals surface area contributed by atoms with Crippen molar-refractivity contribution in [2.45, 2.75) is 39.2 Å². The van der Waals surface area contributed by atoms with Gasteiger partial charge in [0, 0.05) is 12.6 Å². The molecule has 140 valence electrons. The Hall–Kier alpha value is -2.34. The Kier molecular flexibility index (Phi) is 6.28. The molecular formula is C20H29N5O. The van der Waals surface area contributed by atoms with Crippen LogP contribution in [0.3, 0.4) is 0 Å². The third-order valence-corrected chi connectivity index (χ3v) is 4.82. The van der Waals surface area contributed by atoms with Crippen molar-refractivity contribution in [2.75, 3.05) is 25.0 Å². The molecule has 0 radical (unpaired) electrons. The van der Waals surface area contributed by atoms with Gasteiger partial charge in [-0.2, -0.15) is 5.10 Å². The van der Waals surface area contributed by atoms with E-state index in [-0.39, 0.29) is 6.03 Å². The summed E-state index contributed by atoms with van der Waals surface area (Å²) in [6.45, 7) is 7.65. The van der Waals surface area contributed by atoms with Crippen LogP contribution in [-0.2, 0) is 6.54 Å². The maximum absolute atomic E-state index is 12.4. The topological polar surface area (TPSA) is 71.0 Å². The molecule has 26 heavy (non-hydrogen) atoms. The van der Waals surface area contributed by atoms with E-state index in [1.54, 1.807) is 0 Å². The molecule has 1 aromatic carbocycles. The smallest absolute Gasteiger partial charge is 0.320 e. The number of piperidine rings is 1. The summed E-state index contributed by atoms with van der Waals surface area (Å²) >= 11 is 0. The molecule has 3 N–H and O–H groups in total. The molecule has 0 bridgehead atoms. The van der Waals surface area contributed by atoms with Gasteiger partial charge in [-0.3, -0.25) is 5.32 Å². The molecule has 1 aliphatic heterocycles. The van der Waals surface area contributed by atoms with Gasteiger partial charge in [0.15, 0.2) is 0 Å². The number of rotatable bonds is 6. The molecule has 1 saturated heterocycles. The normalized spacial score (nSPS) is 15.2. The number of nitrogens with one attached hydrogen (secondary N) is 3. The zero-order chi connectivity index (χ0) is 18.4. The lowest BCUT2D eigenvalue weighted by Crippen LogP contribution is -2.38. The first-order valence-corrected chi connectivity index (χ1v) is 9.49. The lowest BCUT2D eigenvalue weighted by Gasteiger charge is -2.22. The fourth-order valence-corrected chi connectivity index (χ4v) is 3.18. The minimum Gasteiger partial charge on any atom is -0.338 e. The second kappa shape index (κ2) is 8.85. The highest BCUT2D eigenvalue weighted by atomic mass is 16.2. The summed E-state index contributed by atoms with van der Waals surface area (Å²) in [5.74, 6) is 1.60. The van der Waals surface area contributed by atoms with Crippen LogP contribution in [0.15, 0.2) is 36.4 Å². The molecule has 0 atom stereocenters. The second-order valence-corrected chi connectivity index (χ2v) is 7.28. The van der Waals surface area contributed by atoms with Crippen molar-refractivity contribution >= 4 is 11.8 Å². The highest BCUT2D eigenvalue weighted by molar-refractivity contribution is 5.88. The number of hydrogen-bond donors (Lipinski definition) is 3. The van der Waals surface area contributed by atoms with Gasteiger partial charge in [0.2, 0.25) is 0 Å². The lowest BCUT2D eigenvalue weighted by molar-refractivity contribution is 0.248. The molecule has 2 aromatic rings. The second-order valence-electron chi connectivity index (χ2n) is 7.28. The van der Waals surface area contributed by atoms with Gasteiger partial charge in [0.25, 0.3) is 0 Å². The van der Waals surface area contributed by atoms with E-state index in [9.17, 15) is 4.79 Å². The highest BCUT2D eigenvalue weighted by Crippen LogP contribution is 2.19. The van der Waals surface area contributed by atoms with Crippen LogP contribution in [0.5, 0.6) is 0 Å². The largest absolute Gasteiger partial charge is 0.338 e. The van der Waals surface area contributed by atoms with Crippen molar-refractivity contribution in [3.63, 3.8) is 0 Å². The molecule has 0 aliphatic carbocycles. The van der Waals surface area contributed by atoms with Crippen molar-refractivity contribution in [3.8, 4) is 0 Å². The lowest BCUT2D eigenvalue weighted by atomic mass is 9.98. The first kappa shape index (κ1) is 18.5. The van der Waals surface area contributed by atoms with Crippen molar-refractivity contribution in [2.24, 2.45) is 5.92 Å². The first-order valence-electron chi connectivity index (χ1n) is 9.49. The summed E-state index contributed by atoms with van der Waals surface area (Å²) in [6, 6.07) is 12.0. The van der Waals surface area contributed by atoms with Crippen LogP contribution in [0.2, 0.25) is 0 Å². The number of anilines is 1. The molecule has 6 nitrogen and oxygen atoms in total. The third kappa shape index (κ3) is 5.08. The zero-order valence-corrected chi connectivity index (χ0v) is 15.7. The van der Waals surface area contributed by atoms with E-state index in [0.717, 1.165) is 49.6 Å². The first-order chi connectivity index (χ1) is 12.6. The highest BCUT2D eigenvalue weighted by Gasteiger charge is 2.16. The van der Waals surface area contributed by atoms with Crippen LogP contribution in [0, 0.1) is 5.92 Å². The Morgan fingerprint density at radius 3 is 2.69 bits per heavy atom. The maximum Gasteiger partial charge on any atom is 0.320 e. The Morgan fingerprint density at radius 2 is 2.00 bits per heavy atom. The SMILES string of the molecule is CC(C)c1cc(NC(=O)NCC2CCNCC2)n(Cc2ccccc2)n1. The van der Waals surface area contributed by atoms with Gasteiger partial charge in [-0.25, -0.2) is 9.48 Å². The average molecular weight is 355 g/mol. The molecule has 2 amide bonds. The van der Waals surface area contributed by atoms with Gasteiger partial charge >= 0.3 is 6.03 Å². The molecule has 3 rings (SSSR count). The molecule has 1 aliphatic rings. The fraction of sp³-hybridized carbons (Fsp3) is 0.500. The number of nitrogens with zero attached hydrogens (tertiary/aromatic N) is 2. The Labute approximate surface area is 155 Å². The van der Waals surface area contributed by atoms with Gasteiger partial charge < -0.3 is 10.6 Å². The van der Waals surface area contributed by atoms with Crippen LogP contribution in [-0.4, -0.2) is 35.4 Å². The molecule has 1 aromatic heterocycles. The van der Waals surface area contributed by atoms with E-state index in [0.29, 0.717) is 18.4 Å². The van der Waals surface area contributed by atoms with Gasteiger partial charge in [-0.15, -0.1) is 0 Å². The molecule has 6 heteroatoms. The van der Waals surface area contributed by atoms with Gasteiger partial charge in [0.05, 0.1) is 12.2 Å². The minimum absolute atomic E-state index is 0.159. The van der Waals surface area contributed by atoms with Crippen LogP contribution >= 0.6 is 0 Å². The average Bonchev–Trinajstić information content (AvgIpc) is 3.04. The van der Waals surface area contributed by atoms with E-state index in [1.807, 2.05) is 28.9 Å². The minimum atomic E-state index is -0.159. The van der Waals surface area contributed by atoms with Gasteiger partial charge in [0.1, 0.15) is 5.82 Å². The standard InChI is InChI=1S/C20H29N5O/c1-15(2)18-12-19(25(24-18)14-17-6-4-3-5-7-17)23-20(26)22-13-16-8-10-21-11-9-16/h3-7,12,15-16,21H,8-11,13-14H2,1-2H3,(H2,22,23,26). The number of carbonyl (C=O) groups is 1. The Morgan fingerprint density at radius 1 is 1.27 bits per heavy atom. The van der Waals surface area contributed by atoms with Gasteiger partial charge in [-0.1, -0.05) is 44.2 Å². The Balaban J connectivity index is 1.64. The van der Waals surface area contributed by atoms with Crippen LogP contribution in [0.25, 0.3) is 0 Å². The number of carbonyl (C=O) groups excluding carboxylic acids is 1. The summed E-state index contributed by atoms with van der Waals surface area (Å²) in [5, 5.41) is 14.0. The third-order valence-electron chi connectivity index (χ3n) is 4.82. The summed E-state index contributed by atoms with van der Waals surface area (Å²) < 4.78 is 1.87. The summed E-state index contributed by atoms with van der Waals surface area (Å²) in [5.41, 5.74) is 2.14. The Bertz CT molecular complexity index is 704. The van der Waals surface area contributed by atoms with Crippen LogP contribution in [0.4, 0.5) is 10.6 Å². The van der Waals surface area contributed by atoms with E-state index in [2.05, 4.69) is 47.0 Å². The summed E-state index contributed by atoms with van der Waals surface area (Å²) in [7, 11) is 0. The van der Waals surface area contributed by atoms with Crippen molar-refractivity contribution in [1.29, 1.82) is 0 Å². The zero-order valence-electron chi connectivity index (χ0n) is 15.7. The number of amides is 2. The van der Waals surface area contributed by atoms with Gasteiger partial charge in [-0.05, 0) is 43.3 Å². The molecule has 0 unspecified atom stereocenters. The quantitative estimate of drug-likeness (QED) is 0.745. The molecular weight excluding hydrogens is 326 g/mol. The number of aromatic nitrogens is 2. The number of hydrogen-bond acceptors (Lipinski definition) is 3. The summed E-state index contributed by atoms with van der Waals surface area (Å²) in [6.07, 6.45) is 2.23. The van der Waals surface area contributed by atoms with Crippen molar-refractivity contribution in [1.82, 2.24) is 20.4 Å². The predicted molar refractivity (Wildman–Crippen MR) is 104 cm³/mol. The maximum atomic E-state index is 12.4. The monoisotopic (exact) mass is 355 g/mol. The van der Waals surface area contributed by atoms with E-state index >= 15 is 0 Å². The van der Waals surface area contributed by atoms with E-state index in [4.69, 9.17) is 0 Å². The molecule has 0 saturated carbocycles. The fourth-order valence-electron chi connectivity index (χ4n) is 3.18. The van der Waals surface area contributed by atoms with Crippen LogP contribution < -0.4 is 16.0 Å². The number of urea groups is 1. The van der Waals surface area contributed by atoms with Crippen molar-refractivity contribution < 1.29 is 4.79 Å². The van der Waals surface area contributed by atoms with Crippen molar-refractivity contribution in [3.05, 3.63) is 47.7 Å². The van der Waals surface area contributed by atoms with E-state index in [1.165, 1.54) is 0 Å². The predicted octanol–water partition coefficient (Wildman–Crippen LogP) is 3.18. The molecule has 1 fully saturated rings. The van der Waals surface area contributed by atoms with Crippen LogP contribution in [0.1, 0.15) is 43.9 Å².